The van der Waals surface area contributed by atoms with Crippen LogP contribution >= 0.6 is 11.6 Å². The van der Waals surface area contributed by atoms with Crippen LogP contribution in [0.25, 0.3) is 0 Å². The third-order valence-corrected chi connectivity index (χ3v) is 1.93. The largest absolute Gasteiger partial charge is 0.272 e. The van der Waals surface area contributed by atoms with Crippen LogP contribution in [-0.4, -0.2) is 17.7 Å². The maximum Gasteiger partial charge on any atom is 0.269 e. The number of rotatable bonds is 2. The van der Waals surface area contributed by atoms with Gasteiger partial charge in [0.25, 0.3) is 11.8 Å². The van der Waals surface area contributed by atoms with Gasteiger partial charge in [0.05, 0.1) is 11.6 Å². The Bertz CT molecular complexity index is 454. The molecule has 0 aliphatic heterocycles. The number of benzene rings is 1. The first-order valence-electron chi connectivity index (χ1n) is 4.32. The number of nitrogens with one attached hydrogen (secondary N) is 2. The molecule has 0 spiro atoms. The minimum Gasteiger partial charge on any atom is -0.272 e. The van der Waals surface area contributed by atoms with E-state index in [0.29, 0.717) is 5.56 Å². The molecule has 0 saturated heterocycles. The standard InChI is InChI=1S/C10H8ClN3O2/c11-5-9(15)13-14-10(16)8-3-1-2-7(4-8)6-12/h1-4H,5H2,(H,13,15)(H,14,16). The lowest BCUT2D eigenvalue weighted by atomic mass is 10.1. The van der Waals surface area contributed by atoms with Crippen LogP contribution in [-0.2, 0) is 4.79 Å². The van der Waals surface area contributed by atoms with Crippen molar-refractivity contribution in [2.75, 3.05) is 5.88 Å². The van der Waals surface area contributed by atoms with Gasteiger partial charge in [-0.2, -0.15) is 5.26 Å². The molecule has 0 bridgehead atoms. The fourth-order valence-corrected chi connectivity index (χ4v) is 1.03. The van der Waals surface area contributed by atoms with E-state index in [4.69, 9.17) is 16.9 Å². The molecule has 6 heteroatoms. The normalized spacial score (nSPS) is 9.00. The average molecular weight is 238 g/mol. The quantitative estimate of drug-likeness (QED) is 0.582. The second-order valence-corrected chi connectivity index (χ2v) is 3.10. The summed E-state index contributed by atoms with van der Waals surface area (Å²) in [6, 6.07) is 8.02. The highest BCUT2D eigenvalue weighted by Gasteiger charge is 2.06. The Morgan fingerprint density at radius 3 is 2.75 bits per heavy atom. The summed E-state index contributed by atoms with van der Waals surface area (Å²) in [6.45, 7) is 0. The Labute approximate surface area is 97.0 Å². The minimum atomic E-state index is -0.508. The van der Waals surface area contributed by atoms with Crippen LogP contribution in [0, 0.1) is 11.3 Å². The molecule has 0 saturated carbocycles. The number of halogens is 1. The third-order valence-electron chi connectivity index (χ3n) is 1.69. The van der Waals surface area contributed by atoms with Gasteiger partial charge >= 0.3 is 0 Å². The van der Waals surface area contributed by atoms with Crippen molar-refractivity contribution < 1.29 is 9.59 Å². The SMILES string of the molecule is N#Cc1cccc(C(=O)NNC(=O)CCl)c1. The van der Waals surface area contributed by atoms with Crippen LogP contribution in [0.5, 0.6) is 0 Å². The van der Waals surface area contributed by atoms with Crippen LogP contribution in [0.4, 0.5) is 0 Å². The smallest absolute Gasteiger partial charge is 0.269 e. The molecule has 1 aromatic rings. The molecular formula is C10H8ClN3O2. The summed E-state index contributed by atoms with van der Waals surface area (Å²) >= 11 is 5.22. The van der Waals surface area contributed by atoms with Gasteiger partial charge < -0.3 is 0 Å². The summed E-state index contributed by atoms with van der Waals surface area (Å²) in [6.07, 6.45) is 0. The first-order chi connectivity index (χ1) is 7.67. The number of nitrogens with zero attached hydrogens (tertiary/aromatic N) is 1. The Hall–Kier alpha value is -2.06. The second kappa shape index (κ2) is 5.73. The Balaban J connectivity index is 2.66. The summed E-state index contributed by atoms with van der Waals surface area (Å²) < 4.78 is 0. The molecule has 1 rings (SSSR count). The number of nitriles is 1. The topological polar surface area (TPSA) is 82.0 Å². The fraction of sp³-hybridized carbons (Fsp3) is 0.100. The van der Waals surface area contributed by atoms with Crippen molar-refractivity contribution >= 4 is 23.4 Å². The molecule has 0 atom stereocenters. The minimum absolute atomic E-state index is 0.238. The molecule has 2 amide bonds. The number of hydrazine groups is 1. The molecule has 0 fully saturated rings. The summed E-state index contributed by atoms with van der Waals surface area (Å²) in [7, 11) is 0. The zero-order valence-corrected chi connectivity index (χ0v) is 8.91. The molecule has 0 heterocycles. The van der Waals surface area contributed by atoms with Crippen LogP contribution in [0.1, 0.15) is 15.9 Å². The molecule has 5 nitrogen and oxygen atoms in total. The van der Waals surface area contributed by atoms with Crippen LogP contribution in [0.3, 0.4) is 0 Å². The molecular weight excluding hydrogens is 230 g/mol. The van der Waals surface area contributed by atoms with Gasteiger partial charge in [0.2, 0.25) is 0 Å². The number of hydrogen-bond acceptors (Lipinski definition) is 3. The van der Waals surface area contributed by atoms with Gasteiger partial charge in [-0.3, -0.25) is 20.4 Å². The van der Waals surface area contributed by atoms with Crippen LogP contribution < -0.4 is 10.9 Å². The molecule has 0 unspecified atom stereocenters. The molecule has 0 aliphatic rings. The van der Waals surface area contributed by atoms with E-state index < -0.39 is 11.8 Å². The summed E-state index contributed by atoms with van der Waals surface area (Å²) in [5, 5.41) is 8.63. The van der Waals surface area contributed by atoms with Gasteiger partial charge in [-0.1, -0.05) is 6.07 Å². The molecule has 82 valence electrons. The zero-order chi connectivity index (χ0) is 12.0. The lowest BCUT2D eigenvalue weighted by Gasteiger charge is -2.05. The predicted octanol–water partition coefficient (Wildman–Crippen LogP) is 0.558. The van der Waals surface area contributed by atoms with Gasteiger partial charge in [0.1, 0.15) is 5.88 Å². The van der Waals surface area contributed by atoms with Gasteiger partial charge in [-0.25, -0.2) is 0 Å². The van der Waals surface area contributed by atoms with E-state index in [1.54, 1.807) is 12.1 Å². The molecule has 0 aliphatic carbocycles. The van der Waals surface area contributed by atoms with E-state index in [0.717, 1.165) is 0 Å². The fourth-order valence-electron chi connectivity index (χ4n) is 0.962. The number of alkyl halides is 1. The summed E-state index contributed by atoms with van der Waals surface area (Å²) in [5.41, 5.74) is 4.94. The van der Waals surface area contributed by atoms with Crippen molar-refractivity contribution in [3.63, 3.8) is 0 Å². The molecule has 1 aromatic carbocycles. The first-order valence-corrected chi connectivity index (χ1v) is 4.86. The third kappa shape index (κ3) is 3.26. The van der Waals surface area contributed by atoms with Gasteiger partial charge in [0.15, 0.2) is 0 Å². The maximum atomic E-state index is 11.5. The van der Waals surface area contributed by atoms with Crippen molar-refractivity contribution in [1.82, 2.24) is 10.9 Å². The highest BCUT2D eigenvalue weighted by Crippen LogP contribution is 2.03. The predicted molar refractivity (Wildman–Crippen MR) is 57.5 cm³/mol. The Morgan fingerprint density at radius 1 is 1.38 bits per heavy atom. The van der Waals surface area contributed by atoms with Crippen molar-refractivity contribution in [1.29, 1.82) is 5.26 Å². The maximum absolute atomic E-state index is 11.5. The highest BCUT2D eigenvalue weighted by molar-refractivity contribution is 6.27. The van der Waals surface area contributed by atoms with E-state index in [2.05, 4.69) is 10.9 Å². The summed E-state index contributed by atoms with van der Waals surface area (Å²) in [5.74, 6) is -1.25. The molecule has 16 heavy (non-hydrogen) atoms. The lowest BCUT2D eigenvalue weighted by Crippen LogP contribution is -2.42. The van der Waals surface area contributed by atoms with Gasteiger partial charge in [-0.15, -0.1) is 11.6 Å². The van der Waals surface area contributed by atoms with Crippen molar-refractivity contribution in [2.24, 2.45) is 0 Å². The van der Waals surface area contributed by atoms with Crippen molar-refractivity contribution in [3.8, 4) is 6.07 Å². The van der Waals surface area contributed by atoms with Crippen molar-refractivity contribution in [3.05, 3.63) is 35.4 Å². The Kier molecular flexibility index (Phi) is 4.30. The second-order valence-electron chi connectivity index (χ2n) is 2.83. The van der Waals surface area contributed by atoms with Crippen LogP contribution in [0.2, 0.25) is 0 Å². The summed E-state index contributed by atoms with van der Waals surface area (Å²) in [4.78, 5) is 22.2. The number of amides is 2. The van der Waals surface area contributed by atoms with Gasteiger partial charge in [-0.05, 0) is 18.2 Å². The zero-order valence-electron chi connectivity index (χ0n) is 8.16. The lowest BCUT2D eigenvalue weighted by molar-refractivity contribution is -0.119. The number of carbonyl (C=O) groups is 2. The molecule has 0 aromatic heterocycles. The van der Waals surface area contributed by atoms with E-state index in [1.165, 1.54) is 12.1 Å². The molecule has 2 N–H and O–H groups in total. The van der Waals surface area contributed by atoms with E-state index in [-0.39, 0.29) is 11.4 Å². The van der Waals surface area contributed by atoms with Gasteiger partial charge in [0, 0.05) is 5.56 Å². The van der Waals surface area contributed by atoms with Crippen LogP contribution in [0.15, 0.2) is 24.3 Å². The van der Waals surface area contributed by atoms with E-state index in [1.807, 2.05) is 6.07 Å². The van der Waals surface area contributed by atoms with E-state index in [9.17, 15) is 9.59 Å². The highest BCUT2D eigenvalue weighted by atomic mass is 35.5. The first kappa shape index (κ1) is 12.0. The monoisotopic (exact) mass is 237 g/mol. The van der Waals surface area contributed by atoms with E-state index >= 15 is 0 Å². The average Bonchev–Trinajstić information content (AvgIpc) is 2.35. The van der Waals surface area contributed by atoms with Crippen molar-refractivity contribution in [2.45, 2.75) is 0 Å². The number of hydrogen-bond donors (Lipinski definition) is 2. The molecule has 0 radical (unpaired) electrons. The number of carbonyl (C=O) groups excluding carboxylic acids is 2. The Morgan fingerprint density at radius 2 is 2.12 bits per heavy atom.